The van der Waals surface area contributed by atoms with Crippen molar-refractivity contribution >= 4 is 17.5 Å². The summed E-state index contributed by atoms with van der Waals surface area (Å²) in [4.78, 5) is 12.7. The van der Waals surface area contributed by atoms with Crippen LogP contribution in [0.15, 0.2) is 30.5 Å². The lowest BCUT2D eigenvalue weighted by molar-refractivity contribution is 0.524. The Morgan fingerprint density at radius 3 is 2.68 bits per heavy atom. The highest BCUT2D eigenvalue weighted by Crippen LogP contribution is 2.23. The number of benzene rings is 1. The summed E-state index contributed by atoms with van der Waals surface area (Å²) in [5.41, 5.74) is 0.910. The maximum absolute atomic E-state index is 13.8. The molecule has 1 fully saturated rings. The molecule has 1 aliphatic heterocycles. The van der Waals surface area contributed by atoms with E-state index in [-0.39, 0.29) is 5.56 Å². The first-order chi connectivity index (χ1) is 12.1. The van der Waals surface area contributed by atoms with Gasteiger partial charge >= 0.3 is 0 Å². The van der Waals surface area contributed by atoms with Crippen LogP contribution in [-0.2, 0) is 0 Å². The number of rotatable bonds is 4. The van der Waals surface area contributed by atoms with Crippen molar-refractivity contribution in [2.45, 2.75) is 18.9 Å². The second-order valence-corrected chi connectivity index (χ2v) is 6.32. The van der Waals surface area contributed by atoms with Crippen LogP contribution >= 0.6 is 0 Å². The Morgan fingerprint density at radius 2 is 2.04 bits per heavy atom. The summed E-state index contributed by atoms with van der Waals surface area (Å²) >= 11 is 0. The maximum atomic E-state index is 13.8. The van der Waals surface area contributed by atoms with Gasteiger partial charge in [0.25, 0.3) is 0 Å². The fourth-order valence-electron chi connectivity index (χ4n) is 2.93. The molecule has 3 rings (SSSR count). The lowest BCUT2D eigenvalue weighted by Crippen LogP contribution is -2.39. The van der Waals surface area contributed by atoms with Gasteiger partial charge in [-0.15, -0.1) is 0 Å². The van der Waals surface area contributed by atoms with Gasteiger partial charge in [0.1, 0.15) is 17.7 Å². The zero-order chi connectivity index (χ0) is 17.8. The highest BCUT2D eigenvalue weighted by Gasteiger charge is 2.20. The maximum Gasteiger partial charge on any atom is 0.226 e. The van der Waals surface area contributed by atoms with E-state index < -0.39 is 5.82 Å². The standard InChI is InChI=1S/C18H21FN6/c1-24(2)18-21-8-5-17(23-18)22-14-6-9-25(10-7-14)15-4-3-13(12-20)16(19)11-15/h3-5,8,11,14H,6-7,9-10H2,1-2H3,(H,21,22,23). The topological polar surface area (TPSA) is 68.1 Å². The number of hydrogen-bond acceptors (Lipinski definition) is 6. The Bertz CT molecular complexity index is 777. The molecular formula is C18H21FN6. The van der Waals surface area contributed by atoms with Crippen LogP contribution in [0.25, 0.3) is 0 Å². The molecule has 2 heterocycles. The molecule has 1 saturated heterocycles. The average molecular weight is 340 g/mol. The third kappa shape index (κ3) is 3.97. The van der Waals surface area contributed by atoms with E-state index in [0.29, 0.717) is 12.0 Å². The molecule has 0 amide bonds. The number of aromatic nitrogens is 2. The molecule has 6 nitrogen and oxygen atoms in total. The number of hydrogen-bond donors (Lipinski definition) is 1. The highest BCUT2D eigenvalue weighted by molar-refractivity contribution is 5.51. The van der Waals surface area contributed by atoms with E-state index in [1.54, 1.807) is 12.3 Å². The minimum absolute atomic E-state index is 0.0840. The number of nitriles is 1. The van der Waals surface area contributed by atoms with Gasteiger partial charge in [-0.05, 0) is 37.1 Å². The van der Waals surface area contributed by atoms with Crippen LogP contribution in [0, 0.1) is 17.1 Å². The van der Waals surface area contributed by atoms with Crippen molar-refractivity contribution in [3.8, 4) is 6.07 Å². The molecule has 0 unspecified atom stereocenters. The molecule has 2 aromatic rings. The Balaban J connectivity index is 1.60. The number of nitrogens with zero attached hydrogens (tertiary/aromatic N) is 5. The second-order valence-electron chi connectivity index (χ2n) is 6.32. The lowest BCUT2D eigenvalue weighted by Gasteiger charge is -2.34. The summed E-state index contributed by atoms with van der Waals surface area (Å²) in [7, 11) is 3.82. The van der Waals surface area contributed by atoms with Crippen LogP contribution in [0.5, 0.6) is 0 Å². The molecule has 0 bridgehead atoms. The van der Waals surface area contributed by atoms with Crippen molar-refractivity contribution in [1.29, 1.82) is 5.26 Å². The fraction of sp³-hybridized carbons (Fsp3) is 0.389. The van der Waals surface area contributed by atoms with Crippen molar-refractivity contribution in [1.82, 2.24) is 9.97 Å². The Labute approximate surface area is 146 Å². The van der Waals surface area contributed by atoms with Gasteiger partial charge in [-0.2, -0.15) is 10.2 Å². The summed E-state index contributed by atoms with van der Waals surface area (Å²) in [6.07, 6.45) is 3.62. The van der Waals surface area contributed by atoms with Crippen molar-refractivity contribution in [3.63, 3.8) is 0 Å². The van der Waals surface area contributed by atoms with Gasteiger partial charge in [-0.25, -0.2) is 9.37 Å². The number of nitrogens with one attached hydrogen (secondary N) is 1. The van der Waals surface area contributed by atoms with Crippen molar-refractivity contribution in [2.75, 3.05) is 42.3 Å². The summed E-state index contributed by atoms with van der Waals surface area (Å²) in [5.74, 6) is 1.04. The molecule has 25 heavy (non-hydrogen) atoms. The van der Waals surface area contributed by atoms with Crippen LogP contribution in [-0.4, -0.2) is 43.2 Å². The minimum Gasteiger partial charge on any atom is -0.371 e. The van der Waals surface area contributed by atoms with E-state index in [0.717, 1.165) is 37.4 Å². The molecule has 0 saturated carbocycles. The molecule has 1 aromatic carbocycles. The van der Waals surface area contributed by atoms with Gasteiger partial charge in [0.15, 0.2) is 0 Å². The van der Waals surface area contributed by atoms with Gasteiger partial charge < -0.3 is 15.1 Å². The molecule has 1 aliphatic rings. The number of halogens is 1. The smallest absolute Gasteiger partial charge is 0.226 e. The van der Waals surface area contributed by atoms with E-state index in [1.807, 2.05) is 37.2 Å². The first-order valence-electron chi connectivity index (χ1n) is 8.28. The molecule has 1 N–H and O–H groups in total. The van der Waals surface area contributed by atoms with Crippen LogP contribution in [0.1, 0.15) is 18.4 Å². The van der Waals surface area contributed by atoms with E-state index >= 15 is 0 Å². The van der Waals surface area contributed by atoms with E-state index in [2.05, 4.69) is 20.2 Å². The third-order valence-corrected chi connectivity index (χ3v) is 4.33. The molecule has 0 atom stereocenters. The van der Waals surface area contributed by atoms with Crippen molar-refractivity contribution in [3.05, 3.63) is 41.8 Å². The molecule has 7 heteroatoms. The summed E-state index contributed by atoms with van der Waals surface area (Å²) in [6.45, 7) is 1.66. The van der Waals surface area contributed by atoms with Gasteiger partial charge in [-0.3, -0.25) is 0 Å². The zero-order valence-electron chi connectivity index (χ0n) is 14.4. The predicted octanol–water partition coefficient (Wildman–Crippen LogP) is 2.63. The SMILES string of the molecule is CN(C)c1nccc(NC2CCN(c3ccc(C#N)c(F)c3)CC2)n1. The van der Waals surface area contributed by atoms with Crippen LogP contribution < -0.4 is 15.1 Å². The second kappa shape index (κ2) is 7.34. The van der Waals surface area contributed by atoms with E-state index in [9.17, 15) is 4.39 Å². The van der Waals surface area contributed by atoms with Gasteiger partial charge in [0.05, 0.1) is 5.56 Å². The van der Waals surface area contributed by atoms with Gasteiger partial charge in [-0.1, -0.05) is 0 Å². The van der Waals surface area contributed by atoms with Crippen LogP contribution in [0.4, 0.5) is 21.8 Å². The monoisotopic (exact) mass is 340 g/mol. The predicted molar refractivity (Wildman–Crippen MR) is 96.3 cm³/mol. The van der Waals surface area contributed by atoms with Crippen molar-refractivity contribution in [2.24, 2.45) is 0 Å². The Kier molecular flexibility index (Phi) is 4.98. The molecule has 0 radical (unpaired) electrons. The van der Waals surface area contributed by atoms with Crippen molar-refractivity contribution < 1.29 is 4.39 Å². The largest absolute Gasteiger partial charge is 0.371 e. The summed E-state index contributed by atoms with van der Waals surface area (Å²) in [5, 5.41) is 12.3. The zero-order valence-corrected chi connectivity index (χ0v) is 14.4. The molecule has 0 aliphatic carbocycles. The van der Waals surface area contributed by atoms with E-state index in [1.165, 1.54) is 6.07 Å². The van der Waals surface area contributed by atoms with Gasteiger partial charge in [0, 0.05) is 45.1 Å². The average Bonchev–Trinajstić information content (AvgIpc) is 2.62. The lowest BCUT2D eigenvalue weighted by atomic mass is 10.0. The first-order valence-corrected chi connectivity index (χ1v) is 8.28. The Hall–Kier alpha value is -2.88. The molecule has 0 spiro atoms. The molecular weight excluding hydrogens is 319 g/mol. The number of piperidine rings is 1. The normalized spacial score (nSPS) is 14.9. The molecule has 130 valence electrons. The Morgan fingerprint density at radius 1 is 1.28 bits per heavy atom. The van der Waals surface area contributed by atoms with E-state index in [4.69, 9.17) is 5.26 Å². The first kappa shape index (κ1) is 17.0. The summed E-state index contributed by atoms with van der Waals surface area (Å²) in [6, 6.07) is 8.84. The minimum atomic E-state index is -0.461. The third-order valence-electron chi connectivity index (χ3n) is 4.33. The quantitative estimate of drug-likeness (QED) is 0.923. The van der Waals surface area contributed by atoms with Crippen LogP contribution in [0.3, 0.4) is 0 Å². The summed E-state index contributed by atoms with van der Waals surface area (Å²) < 4.78 is 13.8. The van der Waals surface area contributed by atoms with Crippen LogP contribution in [0.2, 0.25) is 0 Å². The number of anilines is 3. The molecule has 1 aromatic heterocycles. The fourth-order valence-corrected chi connectivity index (χ4v) is 2.93. The highest BCUT2D eigenvalue weighted by atomic mass is 19.1. The van der Waals surface area contributed by atoms with Gasteiger partial charge in [0.2, 0.25) is 5.95 Å².